The van der Waals surface area contributed by atoms with Crippen LogP contribution >= 0.6 is 0 Å². The van der Waals surface area contributed by atoms with E-state index < -0.39 is 0 Å². The molecule has 0 radical (unpaired) electrons. The van der Waals surface area contributed by atoms with Crippen molar-refractivity contribution in [2.24, 2.45) is 5.92 Å². The molecule has 0 atom stereocenters. The predicted molar refractivity (Wildman–Crippen MR) is 57.6 cm³/mol. The van der Waals surface area contributed by atoms with E-state index in [4.69, 9.17) is 0 Å². The fourth-order valence-corrected chi connectivity index (χ4v) is 1.45. The monoisotopic (exact) mass is 206 g/mol. The summed E-state index contributed by atoms with van der Waals surface area (Å²) in [5.74, 6) is 0.617. The van der Waals surface area contributed by atoms with Gasteiger partial charge >= 0.3 is 0 Å². The smallest absolute Gasteiger partial charge is 0.261 e. The van der Waals surface area contributed by atoms with Crippen LogP contribution in [0, 0.1) is 5.92 Å². The van der Waals surface area contributed by atoms with Crippen molar-refractivity contribution in [2.45, 2.75) is 26.8 Å². The molecule has 0 saturated heterocycles. The maximum absolute atomic E-state index is 11.4. The van der Waals surface area contributed by atoms with Gasteiger partial charge in [-0.1, -0.05) is 13.8 Å². The zero-order chi connectivity index (χ0) is 10.8. The Kier molecular flexibility index (Phi) is 2.53. The summed E-state index contributed by atoms with van der Waals surface area (Å²) >= 11 is 0. The van der Waals surface area contributed by atoms with Gasteiger partial charge in [0.05, 0.1) is 12.5 Å². The lowest BCUT2D eigenvalue weighted by Crippen LogP contribution is -2.08. The van der Waals surface area contributed by atoms with Gasteiger partial charge in [-0.05, 0) is 12.3 Å². The molecule has 0 spiro atoms. The SMILES string of the molecule is CC(C)CCn1ncc2c(=O)[nH]cnc21. The molecule has 0 aliphatic carbocycles. The molecule has 2 rings (SSSR count). The summed E-state index contributed by atoms with van der Waals surface area (Å²) in [6.45, 7) is 5.12. The second-order valence-corrected chi connectivity index (χ2v) is 4.02. The maximum Gasteiger partial charge on any atom is 0.261 e. The second kappa shape index (κ2) is 3.84. The van der Waals surface area contributed by atoms with Crippen LogP contribution in [0.3, 0.4) is 0 Å². The van der Waals surface area contributed by atoms with E-state index in [1.54, 1.807) is 10.9 Å². The van der Waals surface area contributed by atoms with Gasteiger partial charge in [-0.2, -0.15) is 5.10 Å². The molecule has 1 N–H and O–H groups in total. The number of hydrogen-bond acceptors (Lipinski definition) is 3. The van der Waals surface area contributed by atoms with Gasteiger partial charge in [-0.15, -0.1) is 0 Å². The molecule has 0 aromatic carbocycles. The van der Waals surface area contributed by atoms with E-state index >= 15 is 0 Å². The van der Waals surface area contributed by atoms with Crippen LogP contribution < -0.4 is 5.56 Å². The lowest BCUT2D eigenvalue weighted by atomic mass is 10.1. The van der Waals surface area contributed by atoms with Crippen LogP contribution in [0.25, 0.3) is 11.0 Å². The third kappa shape index (κ3) is 1.91. The summed E-state index contributed by atoms with van der Waals surface area (Å²) in [5, 5.41) is 4.72. The lowest BCUT2D eigenvalue weighted by Gasteiger charge is -2.04. The van der Waals surface area contributed by atoms with Crippen molar-refractivity contribution in [3.05, 3.63) is 22.9 Å². The molecule has 2 aromatic heterocycles. The second-order valence-electron chi connectivity index (χ2n) is 4.02. The Bertz CT molecular complexity index is 511. The minimum Gasteiger partial charge on any atom is -0.312 e. The highest BCUT2D eigenvalue weighted by Gasteiger charge is 2.06. The molecular weight excluding hydrogens is 192 g/mol. The van der Waals surface area contributed by atoms with E-state index in [-0.39, 0.29) is 5.56 Å². The van der Waals surface area contributed by atoms with E-state index in [0.29, 0.717) is 17.0 Å². The van der Waals surface area contributed by atoms with Gasteiger partial charge in [0.1, 0.15) is 5.39 Å². The Hall–Kier alpha value is -1.65. The zero-order valence-electron chi connectivity index (χ0n) is 8.90. The molecule has 5 nitrogen and oxygen atoms in total. The molecule has 80 valence electrons. The normalized spacial score (nSPS) is 11.4. The first-order chi connectivity index (χ1) is 7.18. The number of H-pyrrole nitrogens is 1. The predicted octanol–water partition coefficient (Wildman–Crippen LogP) is 1.17. The molecule has 2 aromatic rings. The fourth-order valence-electron chi connectivity index (χ4n) is 1.45. The Morgan fingerprint density at radius 2 is 2.33 bits per heavy atom. The molecular formula is C10H14N4O. The lowest BCUT2D eigenvalue weighted by molar-refractivity contribution is 0.494. The zero-order valence-corrected chi connectivity index (χ0v) is 8.90. The van der Waals surface area contributed by atoms with Crippen LogP contribution in [0.4, 0.5) is 0 Å². The summed E-state index contributed by atoms with van der Waals surface area (Å²) in [6.07, 6.45) is 4.02. The molecule has 0 aliphatic heterocycles. The average Bonchev–Trinajstić information content (AvgIpc) is 2.59. The summed E-state index contributed by atoms with van der Waals surface area (Å²) in [4.78, 5) is 18.0. The Balaban J connectivity index is 2.37. The highest BCUT2D eigenvalue weighted by Crippen LogP contribution is 2.08. The first kappa shape index (κ1) is 9.89. The van der Waals surface area contributed by atoms with Crippen LogP contribution in [-0.4, -0.2) is 19.7 Å². The van der Waals surface area contributed by atoms with Gasteiger partial charge in [-0.3, -0.25) is 4.79 Å². The largest absolute Gasteiger partial charge is 0.312 e. The van der Waals surface area contributed by atoms with Crippen molar-refractivity contribution >= 4 is 11.0 Å². The highest BCUT2D eigenvalue weighted by atomic mass is 16.1. The molecule has 0 aliphatic rings. The van der Waals surface area contributed by atoms with Crippen molar-refractivity contribution in [3.63, 3.8) is 0 Å². The van der Waals surface area contributed by atoms with Gasteiger partial charge in [-0.25, -0.2) is 9.67 Å². The number of nitrogens with zero attached hydrogens (tertiary/aromatic N) is 3. The number of aromatic nitrogens is 4. The molecule has 0 unspecified atom stereocenters. The summed E-state index contributed by atoms with van der Waals surface area (Å²) < 4.78 is 1.78. The Labute approximate surface area is 87.1 Å². The van der Waals surface area contributed by atoms with Crippen LogP contribution in [0.5, 0.6) is 0 Å². The molecule has 0 amide bonds. The summed E-state index contributed by atoms with van der Waals surface area (Å²) in [6, 6.07) is 0. The van der Waals surface area contributed by atoms with E-state index in [1.165, 1.54) is 6.33 Å². The van der Waals surface area contributed by atoms with Crippen molar-refractivity contribution in [1.29, 1.82) is 0 Å². The summed E-state index contributed by atoms with van der Waals surface area (Å²) in [7, 11) is 0. The molecule has 5 heteroatoms. The van der Waals surface area contributed by atoms with E-state index in [1.807, 2.05) is 0 Å². The molecule has 0 bridgehead atoms. The van der Waals surface area contributed by atoms with Crippen molar-refractivity contribution < 1.29 is 0 Å². The van der Waals surface area contributed by atoms with Crippen LogP contribution in [-0.2, 0) is 6.54 Å². The standard InChI is InChI=1S/C10H14N4O/c1-7(2)3-4-14-9-8(5-13-14)10(15)12-6-11-9/h5-7H,3-4H2,1-2H3,(H,11,12,15). The number of hydrogen-bond donors (Lipinski definition) is 1. The van der Waals surface area contributed by atoms with Gasteiger partial charge < -0.3 is 4.98 Å². The third-order valence-electron chi connectivity index (χ3n) is 2.36. The molecule has 0 fully saturated rings. The average molecular weight is 206 g/mol. The van der Waals surface area contributed by atoms with Gasteiger partial charge in [0, 0.05) is 6.54 Å². The van der Waals surface area contributed by atoms with Crippen molar-refractivity contribution in [2.75, 3.05) is 0 Å². The van der Waals surface area contributed by atoms with E-state index in [2.05, 4.69) is 28.9 Å². The van der Waals surface area contributed by atoms with Gasteiger partial charge in [0.25, 0.3) is 5.56 Å². The van der Waals surface area contributed by atoms with E-state index in [0.717, 1.165) is 13.0 Å². The number of aromatic amines is 1. The topological polar surface area (TPSA) is 63.6 Å². The van der Waals surface area contributed by atoms with Gasteiger partial charge in [0.15, 0.2) is 5.65 Å². The third-order valence-corrected chi connectivity index (χ3v) is 2.36. The first-order valence-corrected chi connectivity index (χ1v) is 5.07. The van der Waals surface area contributed by atoms with Crippen LogP contribution in [0.15, 0.2) is 17.3 Å². The number of nitrogens with one attached hydrogen (secondary N) is 1. The van der Waals surface area contributed by atoms with Crippen molar-refractivity contribution in [3.8, 4) is 0 Å². The minimum atomic E-state index is -0.129. The molecule has 15 heavy (non-hydrogen) atoms. The van der Waals surface area contributed by atoms with Crippen molar-refractivity contribution in [1.82, 2.24) is 19.7 Å². The number of fused-ring (bicyclic) bond motifs is 1. The molecule has 2 heterocycles. The number of rotatable bonds is 3. The Morgan fingerprint density at radius 3 is 3.07 bits per heavy atom. The minimum absolute atomic E-state index is 0.129. The van der Waals surface area contributed by atoms with Crippen LogP contribution in [0.1, 0.15) is 20.3 Å². The quantitative estimate of drug-likeness (QED) is 0.819. The summed E-state index contributed by atoms with van der Waals surface area (Å²) in [5.41, 5.74) is 0.537. The Morgan fingerprint density at radius 1 is 1.53 bits per heavy atom. The first-order valence-electron chi connectivity index (χ1n) is 5.07. The highest BCUT2D eigenvalue weighted by molar-refractivity contribution is 5.72. The molecule has 0 saturated carbocycles. The van der Waals surface area contributed by atoms with E-state index in [9.17, 15) is 4.79 Å². The van der Waals surface area contributed by atoms with Gasteiger partial charge in [0.2, 0.25) is 0 Å². The van der Waals surface area contributed by atoms with Crippen LogP contribution in [0.2, 0.25) is 0 Å². The number of aryl methyl sites for hydroxylation is 1. The fraction of sp³-hybridized carbons (Fsp3) is 0.500. The maximum atomic E-state index is 11.4.